The van der Waals surface area contributed by atoms with Gasteiger partial charge in [-0.1, -0.05) is 32.9 Å². The van der Waals surface area contributed by atoms with Gasteiger partial charge < -0.3 is 30.2 Å². The summed E-state index contributed by atoms with van der Waals surface area (Å²) < 4.78 is 35.4. The maximum absolute atomic E-state index is 15.5. The van der Waals surface area contributed by atoms with Crippen LogP contribution in [0.25, 0.3) is 33.6 Å². The number of carbonyl (C=O) groups excluding carboxylic acids is 2. The highest BCUT2D eigenvalue weighted by Gasteiger charge is 2.36. The fourth-order valence-corrected chi connectivity index (χ4v) is 5.80. The average molecular weight is 634 g/mol. The van der Waals surface area contributed by atoms with Crippen molar-refractivity contribution in [2.45, 2.75) is 65.1 Å². The monoisotopic (exact) mass is 633 g/mol. The van der Waals surface area contributed by atoms with Crippen molar-refractivity contribution in [2.75, 3.05) is 20.2 Å². The summed E-state index contributed by atoms with van der Waals surface area (Å²) in [7, 11) is 1.26. The molecule has 46 heavy (non-hydrogen) atoms. The number of piperidine rings is 1. The largest absolute Gasteiger partial charge is 0.453 e. The highest BCUT2D eigenvalue weighted by molar-refractivity contribution is 5.86. The molecule has 244 valence electrons. The fraction of sp³-hybridized carbons (Fsp3) is 0.412. The van der Waals surface area contributed by atoms with Crippen LogP contribution in [0.5, 0.6) is 0 Å². The molecule has 2 aromatic carbocycles. The van der Waals surface area contributed by atoms with E-state index in [0.717, 1.165) is 31.6 Å². The van der Waals surface area contributed by atoms with Crippen molar-refractivity contribution in [3.05, 3.63) is 72.1 Å². The Kier molecular flexibility index (Phi) is 10.5. The van der Waals surface area contributed by atoms with Gasteiger partial charge in [0.25, 0.3) is 0 Å². The van der Waals surface area contributed by atoms with Crippen molar-refractivity contribution in [3.63, 3.8) is 0 Å². The smallest absolute Gasteiger partial charge is 0.407 e. The molecule has 3 heterocycles. The van der Waals surface area contributed by atoms with Crippen LogP contribution in [-0.2, 0) is 16.1 Å². The van der Waals surface area contributed by atoms with E-state index in [-0.39, 0.29) is 17.9 Å². The summed E-state index contributed by atoms with van der Waals surface area (Å²) >= 11 is 0. The first kappa shape index (κ1) is 32.8. The third kappa shape index (κ3) is 7.28. The van der Waals surface area contributed by atoms with Crippen LogP contribution in [0.2, 0.25) is 0 Å². The Morgan fingerprint density at radius 1 is 1.00 bits per heavy atom. The van der Waals surface area contributed by atoms with Gasteiger partial charge in [0.2, 0.25) is 5.91 Å². The molecule has 5 rings (SSSR count). The van der Waals surface area contributed by atoms with E-state index in [2.05, 4.69) is 37.5 Å². The predicted molar refractivity (Wildman–Crippen MR) is 171 cm³/mol. The molecule has 0 radical (unpaired) electrons. The van der Waals surface area contributed by atoms with Crippen LogP contribution in [-0.4, -0.2) is 63.1 Å². The zero-order valence-electron chi connectivity index (χ0n) is 26.6. The summed E-state index contributed by atoms with van der Waals surface area (Å²) in [5.41, 5.74) is 2.81. The van der Waals surface area contributed by atoms with E-state index in [1.54, 1.807) is 41.6 Å². The normalized spacial score (nSPS) is 15.6. The number of nitrogens with one attached hydrogen (secondary N) is 4. The number of aromatic amines is 2. The van der Waals surface area contributed by atoms with E-state index in [4.69, 9.17) is 4.74 Å². The van der Waals surface area contributed by atoms with Gasteiger partial charge in [-0.3, -0.25) is 4.79 Å². The molecule has 12 heteroatoms. The molecule has 1 fully saturated rings. The average Bonchev–Trinajstić information content (AvgIpc) is 3.73. The lowest BCUT2D eigenvalue weighted by atomic mass is 9.97. The van der Waals surface area contributed by atoms with Crippen LogP contribution in [0.1, 0.15) is 64.1 Å². The SMILES string of the molecule is CCCNCc1ncc(-c2ccc(-c3ccc(-c4cnc([C@@H]5CCCCN5C(=O)[C@@H](NC(=O)OC)C(C)C)[nH]4)c(F)c3)cc2F)[nH]1. The van der Waals surface area contributed by atoms with E-state index < -0.39 is 23.8 Å². The summed E-state index contributed by atoms with van der Waals surface area (Å²) in [5, 5.41) is 5.91. The first-order chi connectivity index (χ1) is 22.2. The zero-order valence-corrected chi connectivity index (χ0v) is 26.6. The summed E-state index contributed by atoms with van der Waals surface area (Å²) in [6.45, 7) is 7.76. The number of amides is 2. The Balaban J connectivity index is 1.32. The van der Waals surface area contributed by atoms with E-state index in [1.807, 2.05) is 13.8 Å². The minimum absolute atomic E-state index is 0.158. The number of methoxy groups -OCH3 is 1. The number of hydrogen-bond acceptors (Lipinski definition) is 6. The second-order valence-electron chi connectivity index (χ2n) is 11.9. The first-order valence-electron chi connectivity index (χ1n) is 15.7. The van der Waals surface area contributed by atoms with E-state index >= 15 is 8.78 Å². The Labute approximate surface area is 267 Å². The van der Waals surface area contributed by atoms with Gasteiger partial charge in [0.05, 0.1) is 43.5 Å². The van der Waals surface area contributed by atoms with Gasteiger partial charge in [-0.25, -0.2) is 23.5 Å². The lowest BCUT2D eigenvalue weighted by Gasteiger charge is -2.37. The number of alkyl carbamates (subject to hydrolysis) is 1. The van der Waals surface area contributed by atoms with Gasteiger partial charge in [0.1, 0.15) is 29.3 Å². The molecule has 1 saturated heterocycles. The topological polar surface area (TPSA) is 128 Å². The molecule has 0 aliphatic carbocycles. The van der Waals surface area contributed by atoms with Crippen molar-refractivity contribution < 1.29 is 23.1 Å². The first-order valence-corrected chi connectivity index (χ1v) is 15.7. The fourth-order valence-electron chi connectivity index (χ4n) is 5.80. The Bertz CT molecular complexity index is 1670. The third-order valence-corrected chi connectivity index (χ3v) is 8.29. The summed E-state index contributed by atoms with van der Waals surface area (Å²) in [4.78, 5) is 42.5. The van der Waals surface area contributed by atoms with Crippen molar-refractivity contribution in [3.8, 4) is 33.6 Å². The van der Waals surface area contributed by atoms with Gasteiger partial charge >= 0.3 is 6.09 Å². The maximum atomic E-state index is 15.5. The molecule has 0 bridgehead atoms. The quantitative estimate of drug-likeness (QED) is 0.143. The molecule has 0 saturated carbocycles. The van der Waals surface area contributed by atoms with Gasteiger partial charge in [0.15, 0.2) is 0 Å². The van der Waals surface area contributed by atoms with Gasteiger partial charge in [-0.15, -0.1) is 0 Å². The number of nitrogens with zero attached hydrogens (tertiary/aromatic N) is 3. The molecule has 2 aromatic heterocycles. The second kappa shape index (κ2) is 14.7. The third-order valence-electron chi connectivity index (χ3n) is 8.29. The van der Waals surface area contributed by atoms with Crippen LogP contribution in [0.4, 0.5) is 13.6 Å². The molecule has 10 nitrogen and oxygen atoms in total. The number of carbonyl (C=O) groups is 2. The number of aromatic nitrogens is 4. The second-order valence-corrected chi connectivity index (χ2v) is 11.9. The van der Waals surface area contributed by atoms with Crippen molar-refractivity contribution >= 4 is 12.0 Å². The van der Waals surface area contributed by atoms with E-state index in [1.165, 1.54) is 19.2 Å². The number of halogens is 2. The zero-order chi connectivity index (χ0) is 32.8. The Hall–Kier alpha value is -4.58. The van der Waals surface area contributed by atoms with E-state index in [0.29, 0.717) is 59.0 Å². The van der Waals surface area contributed by atoms with Crippen LogP contribution >= 0.6 is 0 Å². The number of H-pyrrole nitrogens is 2. The lowest BCUT2D eigenvalue weighted by Crippen LogP contribution is -2.53. The number of benzene rings is 2. The molecule has 1 aliphatic rings. The summed E-state index contributed by atoms with van der Waals surface area (Å²) in [5.74, 6) is -0.0279. The molecule has 2 amide bonds. The highest BCUT2D eigenvalue weighted by Crippen LogP contribution is 2.34. The number of rotatable bonds is 11. The van der Waals surface area contributed by atoms with Gasteiger partial charge in [0, 0.05) is 17.7 Å². The number of likely N-dealkylation sites (tertiary alicyclic amines) is 1. The van der Waals surface area contributed by atoms with Gasteiger partial charge in [-0.2, -0.15) is 0 Å². The van der Waals surface area contributed by atoms with Crippen molar-refractivity contribution in [1.82, 2.24) is 35.5 Å². The van der Waals surface area contributed by atoms with Crippen LogP contribution in [0, 0.1) is 17.6 Å². The van der Waals surface area contributed by atoms with Gasteiger partial charge in [-0.05, 0) is 73.5 Å². The Morgan fingerprint density at radius 3 is 2.26 bits per heavy atom. The number of hydrogen-bond donors (Lipinski definition) is 4. The van der Waals surface area contributed by atoms with E-state index in [9.17, 15) is 9.59 Å². The number of imidazole rings is 2. The summed E-state index contributed by atoms with van der Waals surface area (Å²) in [6, 6.07) is 8.46. The minimum atomic E-state index is -0.754. The molecular formula is C34H41F2N7O3. The van der Waals surface area contributed by atoms with Crippen LogP contribution in [0.15, 0.2) is 48.8 Å². The molecule has 2 atom stereocenters. The molecule has 0 spiro atoms. The number of ether oxygens (including phenoxy) is 1. The standard InChI is InChI=1S/C34H41F2N7O3/c1-5-13-37-19-30-38-17-27(40-30)23-11-9-21(15-25(23)35)22-10-12-24(26(36)16-22)28-18-39-32(41-28)29-8-6-7-14-43(29)33(44)31(20(2)3)42-34(45)46-4/h9-12,15-18,20,29,31,37H,5-8,13-14,19H2,1-4H3,(H,38,40)(H,39,41)(H,42,45)/t29-,31-/m0/s1. The maximum Gasteiger partial charge on any atom is 0.407 e. The molecule has 4 aromatic rings. The van der Waals surface area contributed by atoms with Crippen LogP contribution < -0.4 is 10.6 Å². The molecule has 1 aliphatic heterocycles. The summed E-state index contributed by atoms with van der Waals surface area (Å²) in [6.07, 6.45) is 5.92. The predicted octanol–water partition coefficient (Wildman–Crippen LogP) is 6.35. The molecule has 0 unspecified atom stereocenters. The van der Waals surface area contributed by atoms with Crippen molar-refractivity contribution in [2.24, 2.45) is 5.92 Å². The van der Waals surface area contributed by atoms with Crippen LogP contribution in [0.3, 0.4) is 0 Å². The highest BCUT2D eigenvalue weighted by atomic mass is 19.1. The lowest BCUT2D eigenvalue weighted by molar-refractivity contribution is -0.138. The minimum Gasteiger partial charge on any atom is -0.453 e. The molecular weight excluding hydrogens is 592 g/mol. The Morgan fingerprint density at radius 2 is 1.65 bits per heavy atom. The van der Waals surface area contributed by atoms with Crippen molar-refractivity contribution in [1.29, 1.82) is 0 Å². The molecule has 4 N–H and O–H groups in total.